The van der Waals surface area contributed by atoms with Gasteiger partial charge in [0.15, 0.2) is 5.11 Å². The minimum absolute atomic E-state index is 0.313. The summed E-state index contributed by atoms with van der Waals surface area (Å²) in [6, 6.07) is 17.2. The van der Waals surface area contributed by atoms with E-state index in [0.29, 0.717) is 10.7 Å². The summed E-state index contributed by atoms with van der Waals surface area (Å²) in [6.45, 7) is 0. The van der Waals surface area contributed by atoms with Crippen LogP contribution in [0.1, 0.15) is 40.1 Å². The summed E-state index contributed by atoms with van der Waals surface area (Å²) in [5.41, 5.74) is 2.57. The zero-order valence-electron chi connectivity index (χ0n) is 17.3. The van der Waals surface area contributed by atoms with Crippen molar-refractivity contribution in [2.24, 2.45) is 0 Å². The van der Waals surface area contributed by atoms with Crippen LogP contribution in [0.15, 0.2) is 54.6 Å². The largest absolute Gasteiger partial charge is 0.465 e. The Hall–Kier alpha value is -2.90. The van der Waals surface area contributed by atoms with Crippen molar-refractivity contribution >= 4 is 45.3 Å². The number of benzene rings is 2. The van der Waals surface area contributed by atoms with Crippen molar-refractivity contribution in [3.63, 3.8) is 0 Å². The quantitative estimate of drug-likeness (QED) is 0.265. The van der Waals surface area contributed by atoms with E-state index in [9.17, 15) is 4.79 Å². The van der Waals surface area contributed by atoms with Crippen molar-refractivity contribution in [2.75, 3.05) is 17.7 Å². The fraction of sp³-hybridized carbons (Fsp3) is 0.250. The Kier molecular flexibility index (Phi) is 6.84. The second kappa shape index (κ2) is 9.94. The molecule has 0 bridgehead atoms. The molecule has 0 spiro atoms. The molecule has 7 heteroatoms. The van der Waals surface area contributed by atoms with Crippen molar-refractivity contribution in [3.05, 3.63) is 70.6 Å². The van der Waals surface area contributed by atoms with E-state index in [-0.39, 0.29) is 5.97 Å². The highest BCUT2D eigenvalue weighted by atomic mass is 32.1. The van der Waals surface area contributed by atoms with Crippen LogP contribution in [0.2, 0.25) is 0 Å². The van der Waals surface area contributed by atoms with Crippen molar-refractivity contribution in [1.82, 2.24) is 0 Å². The van der Waals surface area contributed by atoms with E-state index in [0.717, 1.165) is 53.4 Å². The minimum atomic E-state index is -0.313. The molecule has 1 aromatic heterocycles. The number of para-hydroxylation sites is 1. The van der Waals surface area contributed by atoms with Gasteiger partial charge in [0.25, 0.3) is 0 Å². The first kappa shape index (κ1) is 21.3. The fourth-order valence-electron chi connectivity index (χ4n) is 3.65. The van der Waals surface area contributed by atoms with Gasteiger partial charge >= 0.3 is 5.97 Å². The second-order valence-corrected chi connectivity index (χ2v) is 8.79. The van der Waals surface area contributed by atoms with Crippen LogP contribution in [-0.4, -0.2) is 18.2 Å². The van der Waals surface area contributed by atoms with Crippen molar-refractivity contribution < 1.29 is 14.3 Å². The number of rotatable bonds is 5. The molecule has 2 aromatic carbocycles. The molecule has 0 unspecified atom stereocenters. The number of thiophene rings is 1. The van der Waals surface area contributed by atoms with Crippen LogP contribution in [0.3, 0.4) is 0 Å². The van der Waals surface area contributed by atoms with E-state index in [4.69, 9.17) is 21.7 Å². The van der Waals surface area contributed by atoms with Gasteiger partial charge in [0, 0.05) is 10.6 Å². The third-order valence-corrected chi connectivity index (χ3v) is 6.54. The van der Waals surface area contributed by atoms with Gasteiger partial charge in [0.05, 0.1) is 12.7 Å². The van der Waals surface area contributed by atoms with Gasteiger partial charge in [-0.05, 0) is 79.9 Å². The molecule has 5 nitrogen and oxygen atoms in total. The molecular formula is C24H24N2O3S2. The van der Waals surface area contributed by atoms with Crippen molar-refractivity contribution in [1.29, 1.82) is 0 Å². The summed E-state index contributed by atoms with van der Waals surface area (Å²) in [5, 5.41) is 7.57. The molecule has 0 amide bonds. The van der Waals surface area contributed by atoms with Crippen LogP contribution in [-0.2, 0) is 17.6 Å². The molecule has 0 fully saturated rings. The number of carbonyl (C=O) groups is 1. The molecule has 1 aliphatic carbocycles. The number of methoxy groups -OCH3 is 1. The van der Waals surface area contributed by atoms with E-state index in [1.807, 2.05) is 54.6 Å². The molecule has 0 saturated heterocycles. The first-order chi connectivity index (χ1) is 15.1. The average molecular weight is 453 g/mol. The smallest absolute Gasteiger partial charge is 0.341 e. The molecule has 1 heterocycles. The van der Waals surface area contributed by atoms with E-state index in [1.165, 1.54) is 18.4 Å². The van der Waals surface area contributed by atoms with E-state index >= 15 is 0 Å². The number of carbonyl (C=O) groups excluding carboxylic acids is 1. The van der Waals surface area contributed by atoms with E-state index in [1.54, 1.807) is 11.3 Å². The third-order valence-electron chi connectivity index (χ3n) is 5.13. The number of esters is 1. The van der Waals surface area contributed by atoms with Gasteiger partial charge in [-0.3, -0.25) is 0 Å². The van der Waals surface area contributed by atoms with Gasteiger partial charge < -0.3 is 20.1 Å². The highest BCUT2D eigenvalue weighted by Gasteiger charge is 2.25. The second-order valence-electron chi connectivity index (χ2n) is 7.28. The standard InChI is InChI=1S/C24H24N2O3S2/c1-28-23(27)21-19-10-6-3-7-11-20(19)31-22(21)26-24(30)25-16-12-14-18(15-13-16)29-17-8-4-2-5-9-17/h2,4-5,8-9,12-15H,3,6-7,10-11H2,1H3,(H2,25,26,30). The highest BCUT2D eigenvalue weighted by Crippen LogP contribution is 2.38. The lowest BCUT2D eigenvalue weighted by molar-refractivity contribution is 0.0601. The zero-order chi connectivity index (χ0) is 21.6. The topological polar surface area (TPSA) is 59.6 Å². The molecule has 4 rings (SSSR count). The number of nitrogens with one attached hydrogen (secondary N) is 2. The fourth-order valence-corrected chi connectivity index (χ4v) is 5.21. The van der Waals surface area contributed by atoms with Gasteiger partial charge in [0.2, 0.25) is 0 Å². The first-order valence-corrected chi connectivity index (χ1v) is 11.5. The monoisotopic (exact) mass is 452 g/mol. The lowest BCUT2D eigenvalue weighted by Crippen LogP contribution is -2.20. The number of ether oxygens (including phenoxy) is 2. The SMILES string of the molecule is COC(=O)c1c(NC(=S)Nc2ccc(Oc3ccccc3)cc2)sc2c1CCCCC2. The lowest BCUT2D eigenvalue weighted by atomic mass is 10.1. The predicted molar refractivity (Wildman–Crippen MR) is 130 cm³/mol. The van der Waals surface area contributed by atoms with Gasteiger partial charge in [0.1, 0.15) is 16.5 Å². The van der Waals surface area contributed by atoms with Gasteiger partial charge in [-0.25, -0.2) is 4.79 Å². The third kappa shape index (κ3) is 5.24. The van der Waals surface area contributed by atoms with Crippen LogP contribution in [0.4, 0.5) is 10.7 Å². The minimum Gasteiger partial charge on any atom is -0.465 e. The Labute approximate surface area is 191 Å². The number of anilines is 2. The number of hydrogen-bond donors (Lipinski definition) is 2. The number of aryl methyl sites for hydroxylation is 1. The molecule has 2 N–H and O–H groups in total. The maximum atomic E-state index is 12.5. The highest BCUT2D eigenvalue weighted by molar-refractivity contribution is 7.80. The summed E-state index contributed by atoms with van der Waals surface area (Å²) < 4.78 is 10.9. The van der Waals surface area contributed by atoms with Crippen LogP contribution in [0, 0.1) is 0 Å². The summed E-state index contributed by atoms with van der Waals surface area (Å²) >= 11 is 7.11. The lowest BCUT2D eigenvalue weighted by Gasteiger charge is -2.12. The van der Waals surface area contributed by atoms with Gasteiger partial charge in [-0.15, -0.1) is 11.3 Å². The van der Waals surface area contributed by atoms with Gasteiger partial charge in [-0.1, -0.05) is 24.6 Å². The molecule has 0 aliphatic heterocycles. The van der Waals surface area contributed by atoms with Crippen LogP contribution < -0.4 is 15.4 Å². The number of fused-ring (bicyclic) bond motifs is 1. The van der Waals surface area contributed by atoms with E-state index in [2.05, 4.69) is 10.6 Å². The summed E-state index contributed by atoms with van der Waals surface area (Å²) in [6.07, 6.45) is 5.32. The van der Waals surface area contributed by atoms with E-state index < -0.39 is 0 Å². The predicted octanol–water partition coefficient (Wildman–Crippen LogP) is 6.40. The molecule has 0 atom stereocenters. The summed E-state index contributed by atoms with van der Waals surface area (Å²) in [7, 11) is 1.42. The first-order valence-electron chi connectivity index (χ1n) is 10.3. The van der Waals surface area contributed by atoms with Gasteiger partial charge in [-0.2, -0.15) is 0 Å². The Morgan fingerprint density at radius 1 is 0.935 bits per heavy atom. The Balaban J connectivity index is 1.44. The molecule has 3 aromatic rings. The molecule has 160 valence electrons. The normalized spacial score (nSPS) is 12.9. The maximum Gasteiger partial charge on any atom is 0.341 e. The van der Waals surface area contributed by atoms with Crippen LogP contribution in [0.5, 0.6) is 11.5 Å². The average Bonchev–Trinajstić information content (AvgIpc) is 2.95. The molecular weight excluding hydrogens is 428 g/mol. The Morgan fingerprint density at radius 3 is 2.39 bits per heavy atom. The van der Waals surface area contributed by atoms with Crippen LogP contribution in [0.25, 0.3) is 0 Å². The zero-order valence-corrected chi connectivity index (χ0v) is 18.9. The number of hydrogen-bond acceptors (Lipinski definition) is 5. The van der Waals surface area contributed by atoms with Crippen LogP contribution >= 0.6 is 23.6 Å². The summed E-state index contributed by atoms with van der Waals surface area (Å²) in [4.78, 5) is 13.7. The molecule has 31 heavy (non-hydrogen) atoms. The summed E-state index contributed by atoms with van der Waals surface area (Å²) in [5.74, 6) is 1.21. The van der Waals surface area contributed by atoms with Crippen molar-refractivity contribution in [3.8, 4) is 11.5 Å². The molecule has 0 radical (unpaired) electrons. The Morgan fingerprint density at radius 2 is 1.65 bits per heavy atom. The molecule has 1 aliphatic rings. The maximum absolute atomic E-state index is 12.5. The van der Waals surface area contributed by atoms with Crippen molar-refractivity contribution in [2.45, 2.75) is 32.1 Å². The number of thiocarbonyl (C=S) groups is 1. The Bertz CT molecular complexity index is 1060. The molecule has 0 saturated carbocycles.